The number of carbonyl (C=O) groups is 2. The predicted molar refractivity (Wildman–Crippen MR) is 119 cm³/mol. The van der Waals surface area contributed by atoms with Gasteiger partial charge in [0.15, 0.2) is 5.78 Å². The molecule has 31 heavy (non-hydrogen) atoms. The average molecular weight is 419 g/mol. The molecule has 0 atom stereocenters. The zero-order valence-corrected chi connectivity index (χ0v) is 17.5. The van der Waals surface area contributed by atoms with Gasteiger partial charge in [-0.15, -0.1) is 0 Å². The quantitative estimate of drug-likeness (QED) is 0.452. The van der Waals surface area contributed by atoms with Crippen molar-refractivity contribution in [1.29, 1.82) is 0 Å². The van der Waals surface area contributed by atoms with E-state index in [9.17, 15) is 14.4 Å². The number of Topliss-reactive ketones (excluding diaryl/α,β-unsaturated/α-hetero) is 1. The van der Waals surface area contributed by atoms with Crippen molar-refractivity contribution in [2.75, 3.05) is 44.2 Å². The summed E-state index contributed by atoms with van der Waals surface area (Å²) >= 11 is 0. The van der Waals surface area contributed by atoms with Crippen LogP contribution < -0.4 is 10.5 Å². The lowest BCUT2D eigenvalue weighted by atomic mass is 10.1. The van der Waals surface area contributed by atoms with Crippen molar-refractivity contribution < 1.29 is 14.3 Å². The van der Waals surface area contributed by atoms with Gasteiger partial charge >= 0.3 is 5.97 Å². The number of piperazine rings is 1. The van der Waals surface area contributed by atoms with E-state index in [1.807, 2.05) is 23.1 Å². The number of carbonyl (C=O) groups excluding carboxylic acids is 2. The number of nitrogens with zero attached hydrogens (tertiary/aromatic N) is 3. The van der Waals surface area contributed by atoms with Crippen molar-refractivity contribution in [2.45, 2.75) is 6.92 Å². The minimum Gasteiger partial charge on any atom is -0.462 e. The van der Waals surface area contributed by atoms with Gasteiger partial charge in [0.1, 0.15) is 0 Å². The van der Waals surface area contributed by atoms with Crippen LogP contribution in [-0.4, -0.2) is 60.4 Å². The average Bonchev–Trinajstić information content (AvgIpc) is 2.80. The molecule has 1 saturated heterocycles. The number of esters is 1. The molecule has 2 aromatic heterocycles. The molecule has 1 aliphatic rings. The Morgan fingerprint density at radius 2 is 1.65 bits per heavy atom. The van der Waals surface area contributed by atoms with E-state index < -0.39 is 11.5 Å². The number of aromatic nitrogens is 1. The van der Waals surface area contributed by atoms with E-state index in [0.29, 0.717) is 5.52 Å². The van der Waals surface area contributed by atoms with Gasteiger partial charge in [-0.25, -0.2) is 4.79 Å². The van der Waals surface area contributed by atoms with Crippen molar-refractivity contribution in [2.24, 2.45) is 0 Å². The molecule has 0 aliphatic carbocycles. The molecular weight excluding hydrogens is 394 g/mol. The number of anilines is 1. The van der Waals surface area contributed by atoms with E-state index in [4.69, 9.17) is 4.74 Å². The van der Waals surface area contributed by atoms with E-state index >= 15 is 0 Å². The van der Waals surface area contributed by atoms with Crippen molar-refractivity contribution in [1.82, 2.24) is 9.30 Å². The summed E-state index contributed by atoms with van der Waals surface area (Å²) in [5.74, 6) is -0.835. The summed E-state index contributed by atoms with van der Waals surface area (Å²) in [6, 6.07) is 16.7. The number of para-hydroxylation sites is 1. The summed E-state index contributed by atoms with van der Waals surface area (Å²) in [6.07, 6.45) is 1.57. The molecule has 1 aliphatic heterocycles. The fraction of sp³-hybridized carbons (Fsp3) is 0.292. The second-order valence-corrected chi connectivity index (χ2v) is 7.48. The Morgan fingerprint density at radius 3 is 2.35 bits per heavy atom. The van der Waals surface area contributed by atoms with Crippen molar-refractivity contribution in [3.63, 3.8) is 0 Å². The minimum atomic E-state index is -0.545. The van der Waals surface area contributed by atoms with Crippen LogP contribution >= 0.6 is 0 Å². The maximum absolute atomic E-state index is 13.0. The number of ketones is 1. The molecule has 3 aromatic rings. The standard InChI is InChI=1S/C24H25N3O4/c1-2-31-24(30)19-16-20(23(29)27-11-7-6-10-21(19)27)22(28)17-25-12-14-26(15-13-25)18-8-4-3-5-9-18/h3-11,16H,2,12-15,17H2,1H3. The van der Waals surface area contributed by atoms with Crippen molar-refractivity contribution >= 4 is 23.0 Å². The molecule has 7 heteroatoms. The maximum atomic E-state index is 13.0. The monoisotopic (exact) mass is 419 g/mol. The number of benzene rings is 1. The number of pyridine rings is 2. The van der Waals surface area contributed by atoms with Gasteiger partial charge < -0.3 is 9.64 Å². The van der Waals surface area contributed by atoms with Crippen LogP contribution in [0.4, 0.5) is 5.69 Å². The highest BCUT2D eigenvalue weighted by Crippen LogP contribution is 2.17. The molecule has 0 spiro atoms. The Kier molecular flexibility index (Phi) is 6.13. The van der Waals surface area contributed by atoms with Gasteiger partial charge in [-0.2, -0.15) is 0 Å². The first-order valence-electron chi connectivity index (χ1n) is 10.5. The third-order valence-electron chi connectivity index (χ3n) is 5.53. The van der Waals surface area contributed by atoms with Gasteiger partial charge in [0.25, 0.3) is 5.56 Å². The first-order valence-corrected chi connectivity index (χ1v) is 10.5. The second kappa shape index (κ2) is 9.14. The van der Waals surface area contributed by atoms with E-state index in [2.05, 4.69) is 17.0 Å². The van der Waals surface area contributed by atoms with E-state index in [-0.39, 0.29) is 30.1 Å². The number of rotatable bonds is 6. The first-order chi connectivity index (χ1) is 15.1. The Bertz CT molecular complexity index is 1150. The molecule has 0 bridgehead atoms. The molecule has 7 nitrogen and oxygen atoms in total. The van der Waals surface area contributed by atoms with Gasteiger partial charge in [-0.05, 0) is 37.3 Å². The van der Waals surface area contributed by atoms with Gasteiger partial charge in [0.2, 0.25) is 0 Å². The van der Waals surface area contributed by atoms with Crippen LogP contribution in [-0.2, 0) is 4.74 Å². The molecule has 1 fully saturated rings. The molecule has 0 amide bonds. The molecule has 0 N–H and O–H groups in total. The lowest BCUT2D eigenvalue weighted by Gasteiger charge is -2.35. The van der Waals surface area contributed by atoms with Gasteiger partial charge in [0.05, 0.1) is 29.8 Å². The molecule has 0 unspecified atom stereocenters. The number of ether oxygens (including phenoxy) is 1. The molecule has 4 rings (SSSR count). The highest BCUT2D eigenvalue weighted by atomic mass is 16.5. The summed E-state index contributed by atoms with van der Waals surface area (Å²) in [6.45, 7) is 5.13. The number of hydrogen-bond donors (Lipinski definition) is 0. The summed E-state index contributed by atoms with van der Waals surface area (Å²) in [4.78, 5) is 42.8. The number of fused-ring (bicyclic) bond motifs is 1. The fourth-order valence-electron chi connectivity index (χ4n) is 3.91. The minimum absolute atomic E-state index is 0.0113. The Morgan fingerprint density at radius 1 is 0.935 bits per heavy atom. The van der Waals surface area contributed by atoms with Crippen LogP contribution in [0.5, 0.6) is 0 Å². The van der Waals surface area contributed by atoms with E-state index in [1.165, 1.54) is 16.2 Å². The zero-order chi connectivity index (χ0) is 21.8. The molecule has 1 aromatic carbocycles. The third-order valence-corrected chi connectivity index (χ3v) is 5.53. The fourth-order valence-corrected chi connectivity index (χ4v) is 3.91. The molecule has 0 saturated carbocycles. The Hall–Kier alpha value is -3.45. The van der Waals surface area contributed by atoms with Crippen LogP contribution in [0.25, 0.3) is 5.52 Å². The third kappa shape index (κ3) is 4.36. The van der Waals surface area contributed by atoms with Crippen LogP contribution in [0.15, 0.2) is 65.6 Å². The Balaban J connectivity index is 1.54. The summed E-state index contributed by atoms with van der Waals surface area (Å²) in [5, 5.41) is 0. The van der Waals surface area contributed by atoms with Crippen molar-refractivity contribution in [3.05, 3.63) is 82.3 Å². The largest absolute Gasteiger partial charge is 0.462 e. The van der Waals surface area contributed by atoms with Gasteiger partial charge in [0, 0.05) is 38.1 Å². The van der Waals surface area contributed by atoms with Gasteiger partial charge in [-0.3, -0.25) is 18.9 Å². The van der Waals surface area contributed by atoms with Crippen molar-refractivity contribution in [3.8, 4) is 0 Å². The molecular formula is C24H25N3O4. The predicted octanol–water partition coefficient (Wildman–Crippen LogP) is 2.48. The summed E-state index contributed by atoms with van der Waals surface area (Å²) < 4.78 is 6.47. The van der Waals surface area contributed by atoms with E-state index in [1.54, 1.807) is 31.3 Å². The maximum Gasteiger partial charge on any atom is 0.340 e. The lowest BCUT2D eigenvalue weighted by molar-refractivity contribution is 0.0528. The summed E-state index contributed by atoms with van der Waals surface area (Å²) in [5.41, 5.74) is 1.41. The molecule has 160 valence electrons. The molecule has 0 radical (unpaired) electrons. The van der Waals surface area contributed by atoms with Crippen LogP contribution in [0.2, 0.25) is 0 Å². The zero-order valence-electron chi connectivity index (χ0n) is 17.5. The smallest absolute Gasteiger partial charge is 0.340 e. The SMILES string of the molecule is CCOC(=O)c1cc(C(=O)CN2CCN(c3ccccc3)CC2)c(=O)n2ccccc12. The van der Waals surface area contributed by atoms with Crippen LogP contribution in [0.1, 0.15) is 27.6 Å². The normalized spacial score (nSPS) is 14.5. The van der Waals surface area contributed by atoms with Crippen LogP contribution in [0, 0.1) is 0 Å². The Labute approximate surface area is 180 Å². The highest BCUT2D eigenvalue weighted by molar-refractivity contribution is 6.03. The second-order valence-electron chi connectivity index (χ2n) is 7.48. The number of hydrogen-bond acceptors (Lipinski definition) is 6. The lowest BCUT2D eigenvalue weighted by Crippen LogP contribution is -2.48. The van der Waals surface area contributed by atoms with E-state index in [0.717, 1.165) is 26.2 Å². The van der Waals surface area contributed by atoms with Gasteiger partial charge in [-0.1, -0.05) is 24.3 Å². The topological polar surface area (TPSA) is 71.3 Å². The van der Waals surface area contributed by atoms with Crippen LogP contribution in [0.3, 0.4) is 0 Å². The summed E-state index contributed by atoms with van der Waals surface area (Å²) in [7, 11) is 0. The highest BCUT2D eigenvalue weighted by Gasteiger charge is 2.24. The first kappa shape index (κ1) is 20.8. The molecule has 3 heterocycles.